The molecular weight excluding hydrogens is 349 g/mol. The fourth-order valence-electron chi connectivity index (χ4n) is 3.84. The van der Waals surface area contributed by atoms with Gasteiger partial charge in [0.25, 0.3) is 0 Å². The molecule has 0 spiro atoms. The van der Waals surface area contributed by atoms with Crippen LogP contribution in [0, 0.1) is 5.82 Å². The van der Waals surface area contributed by atoms with Crippen molar-refractivity contribution in [2.75, 3.05) is 13.3 Å². The van der Waals surface area contributed by atoms with E-state index in [1.54, 1.807) is 6.07 Å². The Kier molecular flexibility index (Phi) is 3.74. The molecule has 6 nitrogen and oxygen atoms in total. The van der Waals surface area contributed by atoms with Crippen LogP contribution in [0.4, 0.5) is 4.39 Å². The fraction of sp³-hybridized carbons (Fsp3) is 0.300. The molecule has 2 aliphatic rings. The quantitative estimate of drug-likeness (QED) is 0.771. The van der Waals surface area contributed by atoms with E-state index in [4.69, 9.17) is 9.47 Å². The zero-order chi connectivity index (χ0) is 18.4. The number of hydrogen-bond acceptors (Lipinski definition) is 4. The van der Waals surface area contributed by atoms with Crippen molar-refractivity contribution in [3.8, 4) is 11.5 Å². The summed E-state index contributed by atoms with van der Waals surface area (Å²) in [4.78, 5) is 22.5. The summed E-state index contributed by atoms with van der Waals surface area (Å²) in [5.41, 5.74) is 2.25. The number of carbonyl (C=O) groups excluding carboxylic acids is 1. The van der Waals surface area contributed by atoms with Crippen molar-refractivity contribution in [3.05, 3.63) is 53.6 Å². The highest BCUT2D eigenvalue weighted by atomic mass is 19.1. The molecule has 1 aromatic heterocycles. The smallest absolute Gasteiger partial charge is 0.231 e. The Bertz CT molecular complexity index is 1030. The van der Waals surface area contributed by atoms with E-state index in [1.165, 1.54) is 12.1 Å². The van der Waals surface area contributed by atoms with Crippen LogP contribution in [0.1, 0.15) is 30.3 Å². The summed E-state index contributed by atoms with van der Waals surface area (Å²) in [7, 11) is 0. The summed E-state index contributed by atoms with van der Waals surface area (Å²) in [6, 6.07) is 9.94. The van der Waals surface area contributed by atoms with Crippen molar-refractivity contribution in [2.45, 2.75) is 25.3 Å². The molecule has 138 valence electrons. The number of carbonyl (C=O) groups is 1. The number of fused-ring (bicyclic) bond motifs is 2. The highest BCUT2D eigenvalue weighted by Gasteiger charge is 2.32. The monoisotopic (exact) mass is 367 g/mol. The largest absolute Gasteiger partial charge is 0.454 e. The fourth-order valence-corrected chi connectivity index (χ4v) is 3.84. The number of aromatic nitrogens is 2. The lowest BCUT2D eigenvalue weighted by atomic mass is 10.1. The molecule has 1 N–H and O–H groups in total. The first-order valence-corrected chi connectivity index (χ1v) is 9.00. The summed E-state index contributed by atoms with van der Waals surface area (Å²) < 4.78 is 24.1. The Balaban J connectivity index is 1.37. The first kappa shape index (κ1) is 16.1. The van der Waals surface area contributed by atoms with E-state index in [2.05, 4.69) is 9.97 Å². The SMILES string of the molecule is O=C(Cc1ccc2c(c1)OCO2)N1CCC[C@@H]1c1nc2ccc(F)cc2[nH]1. The summed E-state index contributed by atoms with van der Waals surface area (Å²) >= 11 is 0. The number of likely N-dealkylation sites (tertiary alicyclic amines) is 1. The number of benzene rings is 2. The molecule has 0 bridgehead atoms. The van der Waals surface area contributed by atoms with E-state index in [1.807, 2.05) is 23.1 Å². The molecule has 5 rings (SSSR count). The van der Waals surface area contributed by atoms with Gasteiger partial charge in [-0.1, -0.05) is 6.07 Å². The van der Waals surface area contributed by atoms with Crippen LogP contribution >= 0.6 is 0 Å². The lowest BCUT2D eigenvalue weighted by Crippen LogP contribution is -2.32. The Morgan fingerprint density at radius 2 is 2.11 bits per heavy atom. The van der Waals surface area contributed by atoms with Crippen molar-refractivity contribution in [1.82, 2.24) is 14.9 Å². The highest BCUT2D eigenvalue weighted by Crippen LogP contribution is 2.34. The number of rotatable bonds is 3. The standard InChI is InChI=1S/C20H18FN3O3/c21-13-4-5-14-15(10-13)23-20(22-14)16-2-1-7-24(16)19(25)9-12-3-6-17-18(8-12)27-11-26-17/h3-6,8,10,16H,1-2,7,9,11H2,(H,22,23)/t16-/m1/s1. The van der Waals surface area contributed by atoms with Crippen LogP contribution in [0.3, 0.4) is 0 Å². The number of ether oxygens (including phenoxy) is 2. The van der Waals surface area contributed by atoms with Crippen LogP contribution < -0.4 is 9.47 Å². The number of hydrogen-bond donors (Lipinski definition) is 1. The van der Waals surface area contributed by atoms with Gasteiger partial charge in [0.1, 0.15) is 11.6 Å². The zero-order valence-electron chi connectivity index (χ0n) is 14.6. The predicted molar refractivity (Wildman–Crippen MR) is 96.0 cm³/mol. The van der Waals surface area contributed by atoms with Crippen molar-refractivity contribution in [3.63, 3.8) is 0 Å². The number of amides is 1. The van der Waals surface area contributed by atoms with Gasteiger partial charge in [-0.2, -0.15) is 0 Å². The minimum Gasteiger partial charge on any atom is -0.454 e. The first-order chi connectivity index (χ1) is 13.2. The number of imidazole rings is 1. The van der Waals surface area contributed by atoms with Crippen LogP contribution in [0.25, 0.3) is 11.0 Å². The maximum absolute atomic E-state index is 13.4. The molecule has 1 fully saturated rings. The number of nitrogens with zero attached hydrogens (tertiary/aromatic N) is 2. The van der Waals surface area contributed by atoms with Gasteiger partial charge < -0.3 is 19.4 Å². The van der Waals surface area contributed by atoms with Gasteiger partial charge >= 0.3 is 0 Å². The van der Waals surface area contributed by atoms with Crippen molar-refractivity contribution in [2.24, 2.45) is 0 Å². The first-order valence-electron chi connectivity index (χ1n) is 9.00. The lowest BCUT2D eigenvalue weighted by Gasteiger charge is -2.23. The minimum atomic E-state index is -0.306. The molecule has 0 saturated carbocycles. The molecule has 0 radical (unpaired) electrons. The van der Waals surface area contributed by atoms with Crippen LogP contribution in [0.2, 0.25) is 0 Å². The normalized spacial score (nSPS) is 18.4. The average Bonchev–Trinajstić information content (AvgIpc) is 3.39. The third kappa shape index (κ3) is 2.89. The second-order valence-corrected chi connectivity index (χ2v) is 6.89. The summed E-state index contributed by atoms with van der Waals surface area (Å²) in [5.74, 6) is 1.84. The van der Waals surface area contributed by atoms with E-state index in [9.17, 15) is 9.18 Å². The molecule has 1 atom stereocenters. The third-order valence-corrected chi connectivity index (χ3v) is 5.14. The summed E-state index contributed by atoms with van der Waals surface area (Å²) in [5, 5.41) is 0. The predicted octanol–water partition coefficient (Wildman–Crippen LogP) is 3.34. The topological polar surface area (TPSA) is 67.5 Å². The van der Waals surface area contributed by atoms with Gasteiger partial charge in [0.2, 0.25) is 12.7 Å². The minimum absolute atomic E-state index is 0.0444. The van der Waals surface area contributed by atoms with Crippen LogP contribution in [-0.2, 0) is 11.2 Å². The third-order valence-electron chi connectivity index (χ3n) is 5.14. The van der Waals surface area contributed by atoms with Crippen molar-refractivity contribution < 1.29 is 18.7 Å². The molecule has 1 amide bonds. The number of nitrogens with one attached hydrogen (secondary N) is 1. The Hall–Kier alpha value is -3.09. The zero-order valence-corrected chi connectivity index (χ0v) is 14.6. The number of aromatic amines is 1. The van der Waals surface area contributed by atoms with E-state index < -0.39 is 0 Å². The molecule has 2 aliphatic heterocycles. The maximum Gasteiger partial charge on any atom is 0.231 e. The van der Waals surface area contributed by atoms with Crippen LogP contribution in [0.5, 0.6) is 11.5 Å². The van der Waals surface area contributed by atoms with Gasteiger partial charge in [0.05, 0.1) is 23.5 Å². The summed E-state index contributed by atoms with van der Waals surface area (Å²) in [6.45, 7) is 0.910. The molecule has 3 heterocycles. The van der Waals surface area contributed by atoms with Gasteiger partial charge in [-0.25, -0.2) is 9.37 Å². The molecule has 1 saturated heterocycles. The molecular formula is C20H18FN3O3. The molecule has 27 heavy (non-hydrogen) atoms. The van der Waals surface area contributed by atoms with Crippen LogP contribution in [-0.4, -0.2) is 34.1 Å². The van der Waals surface area contributed by atoms with Gasteiger partial charge in [-0.05, 0) is 48.7 Å². The van der Waals surface area contributed by atoms with Crippen molar-refractivity contribution in [1.29, 1.82) is 0 Å². The molecule has 2 aromatic carbocycles. The number of halogens is 1. The molecule has 7 heteroatoms. The summed E-state index contributed by atoms with van der Waals surface area (Å²) in [6.07, 6.45) is 2.06. The van der Waals surface area contributed by atoms with E-state index in [0.29, 0.717) is 41.3 Å². The van der Waals surface area contributed by atoms with E-state index >= 15 is 0 Å². The Morgan fingerprint density at radius 1 is 1.22 bits per heavy atom. The lowest BCUT2D eigenvalue weighted by molar-refractivity contribution is -0.131. The highest BCUT2D eigenvalue weighted by molar-refractivity contribution is 5.80. The van der Waals surface area contributed by atoms with Gasteiger partial charge in [0.15, 0.2) is 11.5 Å². The average molecular weight is 367 g/mol. The van der Waals surface area contributed by atoms with Gasteiger partial charge in [-0.15, -0.1) is 0 Å². The maximum atomic E-state index is 13.4. The Labute approximate surface area is 154 Å². The van der Waals surface area contributed by atoms with Crippen LogP contribution in [0.15, 0.2) is 36.4 Å². The number of H-pyrrole nitrogens is 1. The molecule has 0 aliphatic carbocycles. The van der Waals surface area contributed by atoms with E-state index in [0.717, 1.165) is 18.4 Å². The molecule has 0 unspecified atom stereocenters. The second-order valence-electron chi connectivity index (χ2n) is 6.89. The van der Waals surface area contributed by atoms with Crippen molar-refractivity contribution >= 4 is 16.9 Å². The van der Waals surface area contributed by atoms with Gasteiger partial charge in [-0.3, -0.25) is 4.79 Å². The second kappa shape index (κ2) is 6.26. The van der Waals surface area contributed by atoms with Gasteiger partial charge in [0, 0.05) is 6.54 Å². The Morgan fingerprint density at radius 3 is 3.04 bits per heavy atom. The molecule has 3 aromatic rings. The van der Waals surface area contributed by atoms with E-state index in [-0.39, 0.29) is 24.6 Å².